The molecule has 2 aromatic rings. The molecular formula is C22H23FN2O5S. The zero-order valence-electron chi connectivity index (χ0n) is 16.7. The predicted molar refractivity (Wildman–Crippen MR) is 110 cm³/mol. The molecule has 2 heterocycles. The Hall–Kier alpha value is -2.94. The Balaban J connectivity index is 1.36. The Morgan fingerprint density at radius 1 is 1.00 bits per heavy atom. The van der Waals surface area contributed by atoms with Crippen LogP contribution in [0.5, 0.6) is 0 Å². The largest absolute Gasteiger partial charge is 0.462 e. The lowest BCUT2D eigenvalue weighted by atomic mass is 10.00. The molecule has 164 valence electrons. The van der Waals surface area contributed by atoms with Crippen LogP contribution in [0.25, 0.3) is 0 Å². The van der Waals surface area contributed by atoms with Gasteiger partial charge in [-0.3, -0.25) is 4.79 Å². The van der Waals surface area contributed by atoms with Crippen LogP contribution in [0.3, 0.4) is 0 Å². The van der Waals surface area contributed by atoms with Crippen LogP contribution >= 0.6 is 0 Å². The Morgan fingerprint density at radius 3 is 2.23 bits per heavy atom. The van der Waals surface area contributed by atoms with E-state index in [1.165, 1.54) is 0 Å². The lowest BCUT2D eigenvalue weighted by Gasteiger charge is -2.38. The molecule has 3 atom stereocenters. The van der Waals surface area contributed by atoms with Gasteiger partial charge in [-0.15, -0.1) is 0 Å². The van der Waals surface area contributed by atoms with E-state index < -0.39 is 21.9 Å². The van der Waals surface area contributed by atoms with Gasteiger partial charge in [0.15, 0.2) is 0 Å². The highest BCUT2D eigenvalue weighted by molar-refractivity contribution is 7.90. The summed E-state index contributed by atoms with van der Waals surface area (Å²) >= 11 is 0. The second-order valence-corrected chi connectivity index (χ2v) is 9.58. The summed E-state index contributed by atoms with van der Waals surface area (Å²) in [5.41, 5.74) is 0.873. The Bertz CT molecular complexity index is 1050. The minimum Gasteiger partial charge on any atom is -0.462 e. The number of sulfonamides is 1. The van der Waals surface area contributed by atoms with E-state index in [2.05, 4.69) is 4.72 Å². The highest BCUT2D eigenvalue weighted by Gasteiger charge is 2.45. The summed E-state index contributed by atoms with van der Waals surface area (Å²) in [6.45, 7) is 0. The molecule has 0 saturated carbocycles. The van der Waals surface area contributed by atoms with E-state index in [1.807, 2.05) is 30.3 Å². The third-order valence-electron chi connectivity index (χ3n) is 5.76. The average Bonchev–Trinajstić information content (AvgIpc) is 3.00. The van der Waals surface area contributed by atoms with Crippen LogP contribution in [0.15, 0.2) is 59.5 Å². The molecule has 4 rings (SSSR count). The van der Waals surface area contributed by atoms with Crippen molar-refractivity contribution < 1.29 is 27.1 Å². The molecule has 2 aliphatic heterocycles. The number of nitrogens with zero attached hydrogens (tertiary/aromatic N) is 1. The van der Waals surface area contributed by atoms with Crippen molar-refractivity contribution in [2.45, 2.75) is 55.2 Å². The molecule has 0 spiro atoms. The fourth-order valence-electron chi connectivity index (χ4n) is 4.39. The van der Waals surface area contributed by atoms with Crippen molar-refractivity contribution in [3.63, 3.8) is 0 Å². The van der Waals surface area contributed by atoms with Crippen molar-refractivity contribution in [3.8, 4) is 0 Å². The minimum absolute atomic E-state index is 0.181. The quantitative estimate of drug-likeness (QED) is 0.713. The van der Waals surface area contributed by atoms with E-state index in [0.717, 1.165) is 42.7 Å². The van der Waals surface area contributed by atoms with Gasteiger partial charge in [-0.1, -0.05) is 30.3 Å². The van der Waals surface area contributed by atoms with Crippen LogP contribution in [-0.2, 0) is 26.0 Å². The number of carbonyl (C=O) groups is 2. The summed E-state index contributed by atoms with van der Waals surface area (Å²) in [6, 6.07) is 12.5. The van der Waals surface area contributed by atoms with Crippen molar-refractivity contribution in [3.05, 3.63) is 66.0 Å². The zero-order chi connectivity index (χ0) is 22.0. The maximum atomic E-state index is 13.1. The summed E-state index contributed by atoms with van der Waals surface area (Å²) in [5.74, 6) is -0.875. The maximum Gasteiger partial charge on any atom is 0.331 e. The standard InChI is InChI=1S/C22H23FN2O5S/c23-16-6-10-20(11-7-16)31(28,29)24-22(27)25-17-8-9-18(25)14-19(13-17)30-21(26)12-15-4-2-1-3-5-15/h1-7,10-11,17-19H,8-9,12-14H2,(H,24,27)/t17-,18+,19?. The van der Waals surface area contributed by atoms with Crippen molar-refractivity contribution in [1.82, 2.24) is 9.62 Å². The lowest BCUT2D eigenvalue weighted by molar-refractivity contribution is -0.151. The van der Waals surface area contributed by atoms with Gasteiger partial charge in [-0.25, -0.2) is 22.3 Å². The van der Waals surface area contributed by atoms with Crippen molar-refractivity contribution in [2.75, 3.05) is 0 Å². The summed E-state index contributed by atoms with van der Waals surface area (Å²) in [5, 5.41) is 0. The van der Waals surface area contributed by atoms with Crippen molar-refractivity contribution in [2.24, 2.45) is 0 Å². The number of ether oxygens (including phenoxy) is 1. The summed E-state index contributed by atoms with van der Waals surface area (Å²) in [4.78, 5) is 26.4. The van der Waals surface area contributed by atoms with Gasteiger partial charge < -0.3 is 9.64 Å². The Kier molecular flexibility index (Phi) is 5.95. The van der Waals surface area contributed by atoms with Gasteiger partial charge in [0.25, 0.3) is 10.0 Å². The monoisotopic (exact) mass is 446 g/mol. The molecule has 2 aliphatic rings. The topological polar surface area (TPSA) is 92.8 Å². The Morgan fingerprint density at radius 2 is 1.61 bits per heavy atom. The number of fused-ring (bicyclic) bond motifs is 2. The molecule has 1 N–H and O–H groups in total. The predicted octanol–water partition coefficient (Wildman–Crippen LogP) is 3.01. The van der Waals surface area contributed by atoms with Crippen LogP contribution < -0.4 is 4.72 Å². The first-order valence-electron chi connectivity index (χ1n) is 10.2. The van der Waals surface area contributed by atoms with Gasteiger partial charge in [0.1, 0.15) is 11.9 Å². The van der Waals surface area contributed by atoms with Gasteiger partial charge in [0.05, 0.1) is 11.3 Å². The molecule has 2 amide bonds. The van der Waals surface area contributed by atoms with Gasteiger partial charge in [-0.2, -0.15) is 0 Å². The van der Waals surface area contributed by atoms with Crippen LogP contribution in [0.2, 0.25) is 0 Å². The van der Waals surface area contributed by atoms with Crippen molar-refractivity contribution >= 4 is 22.0 Å². The number of benzene rings is 2. The lowest BCUT2D eigenvalue weighted by Crippen LogP contribution is -2.53. The van der Waals surface area contributed by atoms with Gasteiger partial charge >= 0.3 is 12.0 Å². The van der Waals surface area contributed by atoms with Crippen LogP contribution in [0.1, 0.15) is 31.2 Å². The number of hydrogen-bond acceptors (Lipinski definition) is 5. The molecular weight excluding hydrogens is 423 g/mol. The molecule has 7 nitrogen and oxygen atoms in total. The van der Waals surface area contributed by atoms with Crippen molar-refractivity contribution in [1.29, 1.82) is 0 Å². The average molecular weight is 447 g/mol. The third kappa shape index (κ3) is 4.87. The van der Waals surface area contributed by atoms with E-state index in [0.29, 0.717) is 12.8 Å². The molecule has 0 radical (unpaired) electrons. The second-order valence-electron chi connectivity index (χ2n) is 7.90. The molecule has 2 bridgehead atoms. The SMILES string of the molecule is O=C(Cc1ccccc1)OC1C[C@H]2CC[C@@H](C1)N2C(=O)NS(=O)(=O)c1ccc(F)cc1. The third-order valence-corrected chi connectivity index (χ3v) is 7.10. The molecule has 0 aromatic heterocycles. The number of amides is 2. The number of hydrogen-bond donors (Lipinski definition) is 1. The van der Waals surface area contributed by atoms with E-state index >= 15 is 0 Å². The smallest absolute Gasteiger partial charge is 0.331 e. The van der Waals surface area contributed by atoms with Gasteiger partial charge in [-0.05, 0) is 42.7 Å². The molecule has 1 unspecified atom stereocenters. The maximum absolute atomic E-state index is 13.1. The number of urea groups is 1. The first kappa shape index (κ1) is 21.3. The van der Waals surface area contributed by atoms with Crippen LogP contribution in [-0.4, -0.2) is 43.5 Å². The van der Waals surface area contributed by atoms with Crippen LogP contribution in [0.4, 0.5) is 9.18 Å². The molecule has 2 fully saturated rings. The first-order valence-corrected chi connectivity index (χ1v) is 11.6. The fraction of sp³-hybridized carbons (Fsp3) is 0.364. The minimum atomic E-state index is -4.11. The number of carbonyl (C=O) groups excluding carboxylic acids is 2. The van der Waals surface area contributed by atoms with Gasteiger partial charge in [0, 0.05) is 24.9 Å². The summed E-state index contributed by atoms with van der Waals surface area (Å²) in [6.07, 6.45) is 2.28. The molecule has 0 aliphatic carbocycles. The highest BCUT2D eigenvalue weighted by Crippen LogP contribution is 2.37. The number of nitrogens with one attached hydrogen (secondary N) is 1. The Labute approximate surface area is 180 Å². The number of rotatable bonds is 5. The summed E-state index contributed by atoms with van der Waals surface area (Å²) in [7, 11) is -4.11. The number of piperidine rings is 1. The molecule has 31 heavy (non-hydrogen) atoms. The normalized spacial score (nSPS) is 22.7. The number of esters is 1. The zero-order valence-corrected chi connectivity index (χ0v) is 17.6. The van der Waals surface area contributed by atoms with Gasteiger partial charge in [0.2, 0.25) is 0 Å². The van der Waals surface area contributed by atoms with E-state index in [4.69, 9.17) is 4.74 Å². The number of halogens is 1. The molecule has 9 heteroatoms. The first-order chi connectivity index (χ1) is 14.8. The van der Waals surface area contributed by atoms with E-state index in [9.17, 15) is 22.4 Å². The molecule has 2 aromatic carbocycles. The second kappa shape index (κ2) is 8.66. The van der Waals surface area contributed by atoms with E-state index in [-0.39, 0.29) is 35.5 Å². The molecule has 2 saturated heterocycles. The summed E-state index contributed by atoms with van der Waals surface area (Å²) < 4.78 is 45.7. The fourth-order valence-corrected chi connectivity index (χ4v) is 5.33. The highest BCUT2D eigenvalue weighted by atomic mass is 32.2. The van der Waals surface area contributed by atoms with Crippen LogP contribution in [0, 0.1) is 5.82 Å². The van der Waals surface area contributed by atoms with E-state index in [1.54, 1.807) is 4.90 Å².